The van der Waals surface area contributed by atoms with Gasteiger partial charge in [-0.3, -0.25) is 0 Å². The topological polar surface area (TPSA) is 17.1 Å². The highest BCUT2D eigenvalue weighted by Gasteiger charge is 1.96. The number of thioether (sulfide) groups is 1. The molecule has 0 unspecified atom stereocenters. The molecule has 0 saturated carbocycles. The lowest BCUT2D eigenvalue weighted by atomic mass is 10.1. The smallest absolute Gasteiger partial charge is 0.120 e. The molecule has 0 spiro atoms. The predicted octanol–water partition coefficient (Wildman–Crippen LogP) is 2.59. The molecule has 0 saturated heterocycles. The van der Waals surface area contributed by atoms with Crippen molar-refractivity contribution in [1.82, 2.24) is 0 Å². The van der Waals surface area contributed by atoms with Crippen LogP contribution in [0.4, 0.5) is 0 Å². The number of hydrogen-bond donors (Lipinski definition) is 0. The van der Waals surface area contributed by atoms with E-state index >= 15 is 0 Å². The molecule has 0 fully saturated rings. The summed E-state index contributed by atoms with van der Waals surface area (Å²) in [5, 5.41) is 0. The Morgan fingerprint density at radius 1 is 1.50 bits per heavy atom. The molecule has 0 radical (unpaired) electrons. The van der Waals surface area contributed by atoms with E-state index in [2.05, 4.69) is 18.2 Å². The zero-order chi connectivity index (χ0) is 8.65. The summed E-state index contributed by atoms with van der Waals surface area (Å²) >= 11 is 1.83. The van der Waals surface area contributed by atoms with E-state index in [0.29, 0.717) is 6.42 Å². The zero-order valence-electron chi connectivity index (χ0n) is 7.16. The minimum absolute atomic E-state index is 0.682. The molecule has 0 aromatic heterocycles. The van der Waals surface area contributed by atoms with Crippen LogP contribution < -0.4 is 0 Å². The highest BCUT2D eigenvalue weighted by atomic mass is 32.2. The van der Waals surface area contributed by atoms with Crippen molar-refractivity contribution in [2.24, 2.45) is 0 Å². The Morgan fingerprint density at radius 3 is 3.08 bits per heavy atom. The van der Waals surface area contributed by atoms with Gasteiger partial charge < -0.3 is 4.79 Å². The van der Waals surface area contributed by atoms with Gasteiger partial charge in [-0.05, 0) is 18.4 Å². The van der Waals surface area contributed by atoms with Crippen LogP contribution >= 0.6 is 11.8 Å². The molecule has 0 N–H and O–H groups in total. The van der Waals surface area contributed by atoms with Gasteiger partial charge in [0.2, 0.25) is 0 Å². The van der Waals surface area contributed by atoms with Gasteiger partial charge in [0.25, 0.3) is 0 Å². The van der Waals surface area contributed by atoms with Crippen molar-refractivity contribution >= 4 is 18.0 Å². The van der Waals surface area contributed by atoms with Crippen molar-refractivity contribution in [3.05, 3.63) is 23.8 Å². The zero-order valence-corrected chi connectivity index (χ0v) is 7.98. The number of rotatable bonds is 5. The fraction of sp³-hybridized carbons (Fsp3) is 0.500. The fourth-order valence-electron chi connectivity index (χ4n) is 1.10. The predicted molar refractivity (Wildman–Crippen MR) is 54.5 cm³/mol. The van der Waals surface area contributed by atoms with Gasteiger partial charge in [0.05, 0.1) is 0 Å². The van der Waals surface area contributed by atoms with Crippen LogP contribution in [0, 0.1) is 0 Å². The standard InChI is InChI=1S/C10H14OS/c11-7-4-8-12-9-10-5-2-1-3-6-10/h2,5-7H,1,3-4,8-9H2. The highest BCUT2D eigenvalue weighted by molar-refractivity contribution is 7.99. The quantitative estimate of drug-likeness (QED) is 0.480. The fourth-order valence-corrected chi connectivity index (χ4v) is 1.95. The molecule has 1 aliphatic carbocycles. The molecule has 0 amide bonds. The molecule has 0 heterocycles. The molecule has 1 aliphatic rings. The molecular weight excluding hydrogens is 168 g/mol. The third-order valence-corrected chi connectivity index (χ3v) is 2.78. The minimum Gasteiger partial charge on any atom is -0.303 e. The van der Waals surface area contributed by atoms with Gasteiger partial charge in [0.1, 0.15) is 6.29 Å². The van der Waals surface area contributed by atoms with Crippen LogP contribution in [0.1, 0.15) is 19.3 Å². The van der Waals surface area contributed by atoms with Crippen molar-refractivity contribution in [2.45, 2.75) is 19.3 Å². The molecule has 0 atom stereocenters. The number of aldehydes is 1. The van der Waals surface area contributed by atoms with Gasteiger partial charge >= 0.3 is 0 Å². The second-order valence-corrected chi connectivity index (χ2v) is 3.87. The van der Waals surface area contributed by atoms with Gasteiger partial charge in [-0.1, -0.05) is 18.2 Å². The second kappa shape index (κ2) is 6.06. The van der Waals surface area contributed by atoms with E-state index in [1.54, 1.807) is 0 Å². The lowest BCUT2D eigenvalue weighted by Crippen LogP contribution is -1.90. The Bertz CT molecular complexity index is 194. The Kier molecular flexibility index (Phi) is 4.85. The molecule has 0 aromatic carbocycles. The first-order chi connectivity index (χ1) is 5.93. The Hall–Kier alpha value is -0.500. The van der Waals surface area contributed by atoms with Gasteiger partial charge in [-0.2, -0.15) is 11.8 Å². The monoisotopic (exact) mass is 182 g/mol. The molecule has 0 aliphatic heterocycles. The Labute approximate surface area is 77.9 Å². The summed E-state index contributed by atoms with van der Waals surface area (Å²) in [5.74, 6) is 2.01. The van der Waals surface area contributed by atoms with E-state index in [1.807, 2.05) is 11.8 Å². The molecular formula is C10H14OS. The maximum atomic E-state index is 10.0. The maximum Gasteiger partial charge on any atom is 0.120 e. The summed E-state index contributed by atoms with van der Waals surface area (Å²) in [5.41, 5.74) is 1.41. The van der Waals surface area contributed by atoms with Crippen LogP contribution in [0.3, 0.4) is 0 Å². The summed E-state index contributed by atoms with van der Waals surface area (Å²) in [6.07, 6.45) is 10.7. The lowest BCUT2D eigenvalue weighted by molar-refractivity contribution is -0.107. The highest BCUT2D eigenvalue weighted by Crippen LogP contribution is 2.15. The van der Waals surface area contributed by atoms with Crippen molar-refractivity contribution < 1.29 is 4.79 Å². The third kappa shape index (κ3) is 3.77. The molecule has 1 rings (SSSR count). The summed E-state index contributed by atoms with van der Waals surface area (Å²) in [6.45, 7) is 0. The first kappa shape index (κ1) is 9.59. The van der Waals surface area contributed by atoms with Crippen LogP contribution in [-0.2, 0) is 4.79 Å². The van der Waals surface area contributed by atoms with Gasteiger partial charge in [-0.25, -0.2) is 0 Å². The van der Waals surface area contributed by atoms with Crippen LogP contribution in [0.25, 0.3) is 0 Å². The average molecular weight is 182 g/mol. The summed E-state index contributed by atoms with van der Waals surface area (Å²) < 4.78 is 0. The molecule has 0 aromatic rings. The van der Waals surface area contributed by atoms with Gasteiger partial charge in [-0.15, -0.1) is 0 Å². The van der Waals surface area contributed by atoms with Crippen molar-refractivity contribution in [3.8, 4) is 0 Å². The molecule has 12 heavy (non-hydrogen) atoms. The van der Waals surface area contributed by atoms with E-state index in [4.69, 9.17) is 0 Å². The van der Waals surface area contributed by atoms with E-state index in [0.717, 1.165) is 17.8 Å². The van der Waals surface area contributed by atoms with Crippen LogP contribution in [0.5, 0.6) is 0 Å². The third-order valence-electron chi connectivity index (χ3n) is 1.72. The van der Waals surface area contributed by atoms with Crippen LogP contribution in [0.15, 0.2) is 23.8 Å². The molecule has 0 bridgehead atoms. The van der Waals surface area contributed by atoms with Crippen molar-refractivity contribution in [1.29, 1.82) is 0 Å². The first-order valence-corrected chi connectivity index (χ1v) is 5.46. The van der Waals surface area contributed by atoms with E-state index in [1.165, 1.54) is 18.4 Å². The SMILES string of the molecule is O=CCCSCC1=CCCC=C1. The molecule has 1 nitrogen and oxygen atoms in total. The first-order valence-electron chi connectivity index (χ1n) is 4.30. The summed E-state index contributed by atoms with van der Waals surface area (Å²) in [4.78, 5) is 10.0. The lowest BCUT2D eigenvalue weighted by Gasteiger charge is -2.05. The maximum absolute atomic E-state index is 10.0. The second-order valence-electron chi connectivity index (χ2n) is 2.77. The van der Waals surface area contributed by atoms with E-state index < -0.39 is 0 Å². The van der Waals surface area contributed by atoms with Gasteiger partial charge in [0.15, 0.2) is 0 Å². The largest absolute Gasteiger partial charge is 0.303 e. The number of carbonyl (C=O) groups excluding carboxylic acids is 1. The normalized spacial score (nSPS) is 15.8. The average Bonchev–Trinajstić information content (AvgIpc) is 2.14. The van der Waals surface area contributed by atoms with E-state index in [9.17, 15) is 4.79 Å². The Morgan fingerprint density at radius 2 is 2.42 bits per heavy atom. The van der Waals surface area contributed by atoms with Crippen LogP contribution in [0.2, 0.25) is 0 Å². The number of allylic oxidation sites excluding steroid dienone is 3. The summed E-state index contributed by atoms with van der Waals surface area (Å²) in [6, 6.07) is 0. The number of hydrogen-bond acceptors (Lipinski definition) is 2. The number of carbonyl (C=O) groups is 1. The van der Waals surface area contributed by atoms with Crippen molar-refractivity contribution in [3.63, 3.8) is 0 Å². The Balaban J connectivity index is 2.10. The minimum atomic E-state index is 0.682. The molecule has 2 heteroatoms. The molecule has 66 valence electrons. The van der Waals surface area contributed by atoms with E-state index in [-0.39, 0.29) is 0 Å². The van der Waals surface area contributed by atoms with Crippen molar-refractivity contribution in [2.75, 3.05) is 11.5 Å². The summed E-state index contributed by atoms with van der Waals surface area (Å²) in [7, 11) is 0. The van der Waals surface area contributed by atoms with Crippen LogP contribution in [-0.4, -0.2) is 17.8 Å². The van der Waals surface area contributed by atoms with Gasteiger partial charge in [0, 0.05) is 17.9 Å².